The lowest BCUT2D eigenvalue weighted by Gasteiger charge is -2.38. The normalized spacial score (nSPS) is 21.2. The molecule has 0 saturated carbocycles. The topological polar surface area (TPSA) is 6.48 Å². The standard InChI is InChI=1S/C50H62N2/c1-33-13-21-43(22-14-33)51(47-35(3)29-41(30-36(47)4)49(7,8)9)45-25-17-39(18-26-45)40-19-27-46(28-20-40)52(44-23-15-34(2)16-24-44)48-37(5)31-42(32-38(48)6)50(10,11)12/h13-15,17-29,31,34,41-42H,16,30,32H2,1-12H3. The highest BCUT2D eigenvalue weighted by molar-refractivity contribution is 5.76. The van der Waals surface area contributed by atoms with Gasteiger partial charge >= 0.3 is 0 Å². The van der Waals surface area contributed by atoms with Gasteiger partial charge in [0.15, 0.2) is 0 Å². The van der Waals surface area contributed by atoms with Crippen LogP contribution in [0.4, 0.5) is 17.1 Å². The van der Waals surface area contributed by atoms with Gasteiger partial charge in [0.1, 0.15) is 0 Å². The van der Waals surface area contributed by atoms with Crippen molar-refractivity contribution in [3.8, 4) is 11.1 Å². The molecule has 0 fully saturated rings. The molecule has 2 heteroatoms. The minimum Gasteiger partial charge on any atom is -0.311 e. The van der Waals surface area contributed by atoms with E-state index in [1.165, 1.54) is 73.1 Å². The maximum Gasteiger partial charge on any atom is 0.0477 e. The third-order valence-electron chi connectivity index (χ3n) is 11.6. The molecule has 0 amide bonds. The number of hydrogen-bond acceptors (Lipinski definition) is 2. The Kier molecular flexibility index (Phi) is 10.5. The van der Waals surface area contributed by atoms with Gasteiger partial charge < -0.3 is 9.80 Å². The highest BCUT2D eigenvalue weighted by Crippen LogP contribution is 2.45. The van der Waals surface area contributed by atoms with Gasteiger partial charge in [0.25, 0.3) is 0 Å². The molecular formula is C50H62N2. The van der Waals surface area contributed by atoms with Gasteiger partial charge in [-0.05, 0) is 158 Å². The average Bonchev–Trinajstić information content (AvgIpc) is 3.08. The Balaban J connectivity index is 1.33. The summed E-state index contributed by atoms with van der Waals surface area (Å²) in [6.07, 6.45) is 15.4. The van der Waals surface area contributed by atoms with Crippen LogP contribution in [0.2, 0.25) is 0 Å². The van der Waals surface area contributed by atoms with Crippen molar-refractivity contribution in [3.05, 3.63) is 148 Å². The van der Waals surface area contributed by atoms with E-state index in [1.807, 2.05) is 0 Å². The summed E-state index contributed by atoms with van der Waals surface area (Å²) in [7, 11) is 0. The maximum absolute atomic E-state index is 2.52. The van der Waals surface area contributed by atoms with Crippen molar-refractivity contribution in [2.24, 2.45) is 28.6 Å². The van der Waals surface area contributed by atoms with Gasteiger partial charge in [-0.15, -0.1) is 0 Å². The van der Waals surface area contributed by atoms with Crippen LogP contribution in [0, 0.1) is 35.5 Å². The van der Waals surface area contributed by atoms with Gasteiger partial charge in [-0.3, -0.25) is 0 Å². The second kappa shape index (κ2) is 14.6. The van der Waals surface area contributed by atoms with Crippen LogP contribution >= 0.6 is 0 Å². The molecular weight excluding hydrogens is 629 g/mol. The lowest BCUT2D eigenvalue weighted by Crippen LogP contribution is -2.29. The monoisotopic (exact) mass is 690 g/mol. The predicted octanol–water partition coefficient (Wildman–Crippen LogP) is 14.7. The van der Waals surface area contributed by atoms with Gasteiger partial charge in [0.2, 0.25) is 0 Å². The van der Waals surface area contributed by atoms with E-state index in [-0.39, 0.29) is 10.8 Å². The Morgan fingerprint density at radius 2 is 0.942 bits per heavy atom. The Bertz CT molecular complexity index is 1960. The van der Waals surface area contributed by atoms with E-state index >= 15 is 0 Å². The summed E-state index contributed by atoms with van der Waals surface area (Å²) < 4.78 is 0. The summed E-state index contributed by atoms with van der Waals surface area (Å²) in [5, 5.41) is 0. The molecule has 3 aromatic rings. The van der Waals surface area contributed by atoms with Crippen LogP contribution in [0.15, 0.2) is 143 Å². The first-order chi connectivity index (χ1) is 24.5. The SMILES string of the molecule is CC1=CC(C(C)(C)C)CC(C)=C1N(C1=CCC(C)C=C1)c1ccc(-c2ccc(N(C3=C(C)CC(C(C)(C)C)C=C3C)c3ccc(C)cc3)cc2)cc1. The molecule has 272 valence electrons. The first-order valence-corrected chi connectivity index (χ1v) is 19.5. The summed E-state index contributed by atoms with van der Waals surface area (Å²) in [5.74, 6) is 1.64. The van der Waals surface area contributed by atoms with Crippen LogP contribution in [-0.2, 0) is 0 Å². The summed E-state index contributed by atoms with van der Waals surface area (Å²) in [5.41, 5.74) is 17.4. The predicted molar refractivity (Wildman–Crippen MR) is 227 cm³/mol. The number of rotatable bonds is 7. The fourth-order valence-electron chi connectivity index (χ4n) is 8.25. The molecule has 2 nitrogen and oxygen atoms in total. The summed E-state index contributed by atoms with van der Waals surface area (Å²) in [6.45, 7) is 27.9. The number of anilines is 3. The molecule has 3 aromatic carbocycles. The van der Waals surface area contributed by atoms with Gasteiger partial charge in [-0.2, -0.15) is 0 Å². The number of allylic oxidation sites excluding steroid dienone is 9. The second-order valence-corrected chi connectivity index (χ2v) is 18.1. The van der Waals surface area contributed by atoms with Crippen LogP contribution in [0.25, 0.3) is 11.1 Å². The molecule has 3 aliphatic rings. The van der Waals surface area contributed by atoms with Crippen molar-refractivity contribution in [3.63, 3.8) is 0 Å². The largest absolute Gasteiger partial charge is 0.311 e. The Hall–Kier alpha value is -4.30. The molecule has 3 aliphatic carbocycles. The van der Waals surface area contributed by atoms with E-state index in [2.05, 4.69) is 196 Å². The molecule has 6 rings (SSSR count). The molecule has 0 aliphatic heterocycles. The highest BCUT2D eigenvalue weighted by Gasteiger charge is 2.32. The van der Waals surface area contributed by atoms with Crippen LogP contribution in [0.5, 0.6) is 0 Å². The van der Waals surface area contributed by atoms with Crippen LogP contribution in [0.1, 0.15) is 101 Å². The van der Waals surface area contributed by atoms with E-state index in [0.717, 1.165) is 19.3 Å². The van der Waals surface area contributed by atoms with E-state index in [4.69, 9.17) is 0 Å². The number of aryl methyl sites for hydroxylation is 1. The minimum absolute atomic E-state index is 0.233. The fourth-order valence-corrected chi connectivity index (χ4v) is 8.25. The Morgan fingerprint density at radius 1 is 0.538 bits per heavy atom. The molecule has 3 unspecified atom stereocenters. The zero-order valence-corrected chi connectivity index (χ0v) is 34.1. The molecule has 3 atom stereocenters. The highest BCUT2D eigenvalue weighted by atomic mass is 15.2. The lowest BCUT2D eigenvalue weighted by atomic mass is 9.73. The Labute approximate surface area is 316 Å². The van der Waals surface area contributed by atoms with Gasteiger partial charge in [-0.1, -0.05) is 115 Å². The smallest absolute Gasteiger partial charge is 0.0477 e. The van der Waals surface area contributed by atoms with Crippen LogP contribution in [0.3, 0.4) is 0 Å². The van der Waals surface area contributed by atoms with Crippen molar-refractivity contribution in [1.29, 1.82) is 0 Å². The first-order valence-electron chi connectivity index (χ1n) is 19.5. The van der Waals surface area contributed by atoms with Crippen molar-refractivity contribution >= 4 is 17.1 Å². The third kappa shape index (κ3) is 7.87. The van der Waals surface area contributed by atoms with Gasteiger partial charge in [0.05, 0.1) is 0 Å². The molecule has 0 radical (unpaired) electrons. The molecule has 0 N–H and O–H groups in total. The van der Waals surface area contributed by atoms with E-state index in [9.17, 15) is 0 Å². The first kappa shape index (κ1) is 37.5. The number of benzene rings is 3. The minimum atomic E-state index is 0.233. The van der Waals surface area contributed by atoms with Crippen molar-refractivity contribution in [1.82, 2.24) is 0 Å². The molecule has 0 aromatic heterocycles. The molecule has 52 heavy (non-hydrogen) atoms. The zero-order chi connectivity index (χ0) is 37.5. The van der Waals surface area contributed by atoms with Crippen molar-refractivity contribution in [2.45, 2.75) is 102 Å². The van der Waals surface area contributed by atoms with Gasteiger partial charge in [-0.25, -0.2) is 0 Å². The van der Waals surface area contributed by atoms with Crippen LogP contribution in [-0.4, -0.2) is 0 Å². The number of nitrogens with zero attached hydrogens (tertiary/aromatic N) is 2. The molecule has 0 heterocycles. The quantitative estimate of drug-likeness (QED) is 0.243. The third-order valence-corrected chi connectivity index (χ3v) is 11.6. The molecule has 0 saturated heterocycles. The summed E-state index contributed by atoms with van der Waals surface area (Å²) in [4.78, 5) is 4.98. The number of hydrogen-bond donors (Lipinski definition) is 0. The lowest BCUT2D eigenvalue weighted by molar-refractivity contribution is 0.287. The van der Waals surface area contributed by atoms with E-state index in [1.54, 1.807) is 0 Å². The second-order valence-electron chi connectivity index (χ2n) is 18.1. The molecule has 0 bridgehead atoms. The summed E-state index contributed by atoms with van der Waals surface area (Å²) in [6, 6.07) is 27.4. The van der Waals surface area contributed by atoms with Gasteiger partial charge in [0, 0.05) is 34.2 Å². The van der Waals surface area contributed by atoms with E-state index < -0.39 is 0 Å². The fraction of sp³-hybridized carbons (Fsp3) is 0.400. The van der Waals surface area contributed by atoms with Crippen molar-refractivity contribution < 1.29 is 0 Å². The molecule has 0 spiro atoms. The zero-order valence-electron chi connectivity index (χ0n) is 34.1. The maximum atomic E-state index is 2.52. The van der Waals surface area contributed by atoms with Crippen molar-refractivity contribution in [2.75, 3.05) is 9.80 Å². The van der Waals surface area contributed by atoms with Crippen LogP contribution < -0.4 is 9.80 Å². The Morgan fingerprint density at radius 3 is 1.33 bits per heavy atom. The van der Waals surface area contributed by atoms with E-state index in [0.29, 0.717) is 17.8 Å². The summed E-state index contributed by atoms with van der Waals surface area (Å²) >= 11 is 0. The average molecular weight is 691 g/mol.